The Balaban J connectivity index is 2.22. The second-order valence-corrected chi connectivity index (χ2v) is 3.96. The molecule has 3 aromatic rings. The quantitative estimate of drug-likeness (QED) is 0.715. The number of H-pyrrole nitrogens is 1. The summed E-state index contributed by atoms with van der Waals surface area (Å²) in [6.07, 6.45) is 3.06. The number of aromatic nitrogens is 5. The molecule has 18 heavy (non-hydrogen) atoms. The van der Waals surface area contributed by atoms with Crippen molar-refractivity contribution in [1.29, 1.82) is 0 Å². The van der Waals surface area contributed by atoms with Crippen LogP contribution in [-0.2, 0) is 0 Å². The van der Waals surface area contributed by atoms with Crippen LogP contribution < -0.4 is 4.74 Å². The van der Waals surface area contributed by atoms with E-state index in [0.717, 1.165) is 10.9 Å². The number of ether oxygens (including phenoxy) is 1. The highest BCUT2D eigenvalue weighted by Gasteiger charge is 2.11. The number of pyridine rings is 1. The van der Waals surface area contributed by atoms with Crippen LogP contribution in [0.25, 0.3) is 22.3 Å². The molecule has 3 aromatic heterocycles. The van der Waals surface area contributed by atoms with Crippen molar-refractivity contribution >= 4 is 22.5 Å². The van der Waals surface area contributed by atoms with Gasteiger partial charge in [-0.15, -0.1) is 0 Å². The lowest BCUT2D eigenvalue weighted by molar-refractivity contribution is 0.399. The zero-order valence-electron chi connectivity index (χ0n) is 9.38. The van der Waals surface area contributed by atoms with Crippen LogP contribution in [0.3, 0.4) is 0 Å². The van der Waals surface area contributed by atoms with E-state index in [-0.39, 0.29) is 0 Å². The molecule has 0 atom stereocenters. The van der Waals surface area contributed by atoms with Crippen molar-refractivity contribution < 1.29 is 4.74 Å². The summed E-state index contributed by atoms with van der Waals surface area (Å²) in [6, 6.07) is 3.45. The maximum absolute atomic E-state index is 5.85. The van der Waals surface area contributed by atoms with Gasteiger partial charge in [-0.2, -0.15) is 5.10 Å². The number of aromatic amines is 1. The number of nitrogens with zero attached hydrogens (tertiary/aromatic N) is 4. The molecule has 90 valence electrons. The molecule has 0 unspecified atom stereocenters. The Kier molecular flexibility index (Phi) is 2.56. The van der Waals surface area contributed by atoms with Crippen LogP contribution in [0.1, 0.15) is 0 Å². The first-order valence-electron chi connectivity index (χ1n) is 5.14. The van der Waals surface area contributed by atoms with Gasteiger partial charge >= 0.3 is 0 Å². The molecule has 0 aliphatic rings. The van der Waals surface area contributed by atoms with E-state index >= 15 is 0 Å². The van der Waals surface area contributed by atoms with Gasteiger partial charge in [0, 0.05) is 17.5 Å². The standard InChI is InChI=1S/C11H8ClN5O/c1-18-10-2-6-8(4-13-10)16-17-11(6)7-3-9(12)15-5-14-7/h2-5H,1H3,(H,16,17). The predicted molar refractivity (Wildman–Crippen MR) is 66.5 cm³/mol. The van der Waals surface area contributed by atoms with E-state index in [0.29, 0.717) is 22.4 Å². The fourth-order valence-electron chi connectivity index (χ4n) is 1.67. The number of hydrogen-bond donors (Lipinski definition) is 1. The number of halogens is 1. The van der Waals surface area contributed by atoms with Gasteiger partial charge in [0.05, 0.1) is 24.5 Å². The maximum atomic E-state index is 5.85. The molecule has 0 radical (unpaired) electrons. The van der Waals surface area contributed by atoms with E-state index in [4.69, 9.17) is 16.3 Å². The second kappa shape index (κ2) is 4.23. The summed E-state index contributed by atoms with van der Waals surface area (Å²) in [6.45, 7) is 0. The summed E-state index contributed by atoms with van der Waals surface area (Å²) in [5.41, 5.74) is 2.14. The first-order chi connectivity index (χ1) is 8.78. The van der Waals surface area contributed by atoms with Gasteiger partial charge in [0.2, 0.25) is 5.88 Å². The first-order valence-corrected chi connectivity index (χ1v) is 5.52. The zero-order valence-corrected chi connectivity index (χ0v) is 10.1. The van der Waals surface area contributed by atoms with Crippen molar-refractivity contribution in [3.05, 3.63) is 29.8 Å². The second-order valence-electron chi connectivity index (χ2n) is 3.57. The minimum Gasteiger partial charge on any atom is -0.481 e. The molecule has 7 heteroatoms. The van der Waals surface area contributed by atoms with Crippen LogP contribution in [-0.4, -0.2) is 32.3 Å². The average Bonchev–Trinajstić information content (AvgIpc) is 2.81. The molecule has 3 rings (SSSR count). The Hall–Kier alpha value is -2.21. The molecule has 0 saturated carbocycles. The monoisotopic (exact) mass is 261 g/mol. The highest BCUT2D eigenvalue weighted by molar-refractivity contribution is 6.29. The van der Waals surface area contributed by atoms with Crippen molar-refractivity contribution in [2.75, 3.05) is 7.11 Å². The van der Waals surface area contributed by atoms with Crippen molar-refractivity contribution in [2.45, 2.75) is 0 Å². The summed E-state index contributed by atoms with van der Waals surface area (Å²) in [7, 11) is 1.56. The molecule has 0 bridgehead atoms. The van der Waals surface area contributed by atoms with Crippen LogP contribution in [0, 0.1) is 0 Å². The third-order valence-electron chi connectivity index (χ3n) is 2.51. The van der Waals surface area contributed by atoms with Crippen LogP contribution in [0.5, 0.6) is 5.88 Å². The Morgan fingerprint density at radius 3 is 2.89 bits per heavy atom. The van der Waals surface area contributed by atoms with Gasteiger partial charge in [0.15, 0.2) is 0 Å². The molecule has 0 aliphatic heterocycles. The molecule has 3 heterocycles. The smallest absolute Gasteiger partial charge is 0.213 e. The minimum atomic E-state index is 0.372. The summed E-state index contributed by atoms with van der Waals surface area (Å²) in [5, 5.41) is 8.34. The minimum absolute atomic E-state index is 0.372. The number of hydrogen-bond acceptors (Lipinski definition) is 5. The Morgan fingerprint density at radius 2 is 2.11 bits per heavy atom. The molecule has 0 aliphatic carbocycles. The summed E-state index contributed by atoms with van der Waals surface area (Å²) in [5.74, 6) is 0.519. The van der Waals surface area contributed by atoms with Crippen LogP contribution >= 0.6 is 11.6 Å². The summed E-state index contributed by atoms with van der Waals surface area (Å²) >= 11 is 5.85. The Labute approximate surface area is 107 Å². The van der Waals surface area contributed by atoms with E-state index in [2.05, 4.69) is 25.1 Å². The number of methoxy groups -OCH3 is 1. The maximum Gasteiger partial charge on any atom is 0.213 e. The number of fused-ring (bicyclic) bond motifs is 1. The molecule has 1 N–H and O–H groups in total. The topological polar surface area (TPSA) is 76.6 Å². The normalized spacial score (nSPS) is 10.8. The molecule has 0 fully saturated rings. The zero-order chi connectivity index (χ0) is 12.5. The fourth-order valence-corrected chi connectivity index (χ4v) is 1.81. The largest absolute Gasteiger partial charge is 0.481 e. The van der Waals surface area contributed by atoms with Crippen molar-refractivity contribution in [1.82, 2.24) is 25.1 Å². The lowest BCUT2D eigenvalue weighted by Gasteiger charge is -1.99. The molecule has 0 amide bonds. The first kappa shape index (κ1) is 10.9. The van der Waals surface area contributed by atoms with Crippen molar-refractivity contribution in [3.8, 4) is 17.3 Å². The third kappa shape index (κ3) is 1.76. The van der Waals surface area contributed by atoms with Gasteiger partial charge in [-0.3, -0.25) is 5.10 Å². The molecule has 6 nitrogen and oxygen atoms in total. The molecule has 0 saturated heterocycles. The van der Waals surface area contributed by atoms with Crippen molar-refractivity contribution in [2.24, 2.45) is 0 Å². The number of rotatable bonds is 2. The number of nitrogens with one attached hydrogen (secondary N) is 1. The van der Waals surface area contributed by atoms with Gasteiger partial charge in [-0.05, 0) is 0 Å². The van der Waals surface area contributed by atoms with Crippen LogP contribution in [0.15, 0.2) is 24.7 Å². The lowest BCUT2D eigenvalue weighted by atomic mass is 10.2. The molecular formula is C11H8ClN5O. The van der Waals surface area contributed by atoms with Gasteiger partial charge in [0.25, 0.3) is 0 Å². The van der Waals surface area contributed by atoms with Crippen LogP contribution in [0.4, 0.5) is 0 Å². The van der Waals surface area contributed by atoms with Gasteiger partial charge in [0.1, 0.15) is 17.2 Å². The summed E-state index contributed by atoms with van der Waals surface area (Å²) in [4.78, 5) is 12.1. The van der Waals surface area contributed by atoms with Gasteiger partial charge in [-0.1, -0.05) is 11.6 Å². The molecule has 0 aromatic carbocycles. The molecular weight excluding hydrogens is 254 g/mol. The highest BCUT2D eigenvalue weighted by Crippen LogP contribution is 2.27. The SMILES string of the molecule is COc1cc2c(-c3cc(Cl)ncn3)n[nH]c2cn1. The van der Waals surface area contributed by atoms with E-state index in [1.165, 1.54) is 6.33 Å². The highest BCUT2D eigenvalue weighted by atomic mass is 35.5. The third-order valence-corrected chi connectivity index (χ3v) is 2.71. The fraction of sp³-hybridized carbons (Fsp3) is 0.0909. The average molecular weight is 262 g/mol. The van der Waals surface area contributed by atoms with E-state index < -0.39 is 0 Å². The van der Waals surface area contributed by atoms with E-state index in [1.807, 2.05) is 0 Å². The Morgan fingerprint density at radius 1 is 1.22 bits per heavy atom. The van der Waals surface area contributed by atoms with Gasteiger partial charge < -0.3 is 4.74 Å². The van der Waals surface area contributed by atoms with Crippen molar-refractivity contribution in [3.63, 3.8) is 0 Å². The van der Waals surface area contributed by atoms with E-state index in [9.17, 15) is 0 Å². The summed E-state index contributed by atoms with van der Waals surface area (Å²) < 4.78 is 5.09. The lowest BCUT2D eigenvalue weighted by Crippen LogP contribution is -1.88. The van der Waals surface area contributed by atoms with Gasteiger partial charge in [-0.25, -0.2) is 15.0 Å². The van der Waals surface area contributed by atoms with E-state index in [1.54, 1.807) is 25.4 Å². The molecule has 0 spiro atoms. The Bertz CT molecular complexity index is 711. The predicted octanol–water partition coefficient (Wildman–Crippen LogP) is 2.08. The van der Waals surface area contributed by atoms with Crippen LogP contribution in [0.2, 0.25) is 5.15 Å².